The topological polar surface area (TPSA) is 60.8 Å². The molecule has 0 aliphatic heterocycles. The molecule has 0 heterocycles. The zero-order valence-corrected chi connectivity index (χ0v) is 12.1. The van der Waals surface area contributed by atoms with Crippen LogP contribution in [0.25, 0.3) is 0 Å². The average molecular weight is 283 g/mol. The first-order valence-corrected chi connectivity index (χ1v) is 7.39. The fourth-order valence-corrected chi connectivity index (χ4v) is 2.48. The van der Waals surface area contributed by atoms with Crippen LogP contribution in [-0.2, 0) is 4.79 Å². The van der Waals surface area contributed by atoms with Crippen LogP contribution in [0.3, 0.4) is 0 Å². The van der Waals surface area contributed by atoms with Gasteiger partial charge in [-0.15, -0.1) is 11.8 Å². The first-order chi connectivity index (χ1) is 9.06. The molecule has 0 fully saturated rings. The minimum absolute atomic E-state index is 0.0199. The van der Waals surface area contributed by atoms with Crippen molar-refractivity contribution >= 4 is 17.7 Å². The third-order valence-electron chi connectivity index (χ3n) is 3.00. The van der Waals surface area contributed by atoms with Gasteiger partial charge in [0.15, 0.2) is 0 Å². The van der Waals surface area contributed by atoms with Gasteiger partial charge in [-0.2, -0.15) is 0 Å². The normalized spacial score (nSPS) is 13.9. The fourth-order valence-electron chi connectivity index (χ4n) is 1.61. The van der Waals surface area contributed by atoms with Crippen molar-refractivity contribution in [1.29, 1.82) is 0 Å². The van der Waals surface area contributed by atoms with Gasteiger partial charge in [0.25, 0.3) is 0 Å². The van der Waals surface area contributed by atoms with E-state index in [9.17, 15) is 9.90 Å². The van der Waals surface area contributed by atoms with Crippen molar-refractivity contribution in [2.24, 2.45) is 0 Å². The third kappa shape index (κ3) is 5.22. The zero-order chi connectivity index (χ0) is 14.3. The summed E-state index contributed by atoms with van der Waals surface area (Å²) >= 11 is 1.33. The van der Waals surface area contributed by atoms with Crippen LogP contribution in [0, 0.1) is 0 Å². The molecule has 4 nitrogen and oxygen atoms in total. The monoisotopic (exact) mass is 283 g/mol. The lowest BCUT2D eigenvalue weighted by Crippen LogP contribution is -2.31. The van der Waals surface area contributed by atoms with E-state index in [2.05, 4.69) is 0 Å². The first-order valence-electron chi connectivity index (χ1n) is 6.23. The second kappa shape index (κ2) is 8.19. The second-order valence-electron chi connectivity index (χ2n) is 4.44. The van der Waals surface area contributed by atoms with E-state index >= 15 is 0 Å². The van der Waals surface area contributed by atoms with Crippen LogP contribution in [-0.4, -0.2) is 52.3 Å². The fraction of sp³-hybridized carbons (Fsp3) is 0.500. The smallest absolute Gasteiger partial charge is 0.232 e. The van der Waals surface area contributed by atoms with E-state index < -0.39 is 6.10 Å². The quantitative estimate of drug-likeness (QED) is 0.791. The molecule has 0 aliphatic carbocycles. The van der Waals surface area contributed by atoms with Crippen LogP contribution in [0.4, 0.5) is 0 Å². The highest BCUT2D eigenvalue weighted by molar-refractivity contribution is 7.99. The number of carbonyl (C=O) groups excluding carboxylic acids is 1. The number of aliphatic hydroxyl groups is 2. The van der Waals surface area contributed by atoms with Crippen molar-refractivity contribution < 1.29 is 15.0 Å². The first kappa shape index (κ1) is 16.0. The van der Waals surface area contributed by atoms with E-state index in [0.717, 1.165) is 5.56 Å². The van der Waals surface area contributed by atoms with Gasteiger partial charge in [-0.3, -0.25) is 4.79 Å². The van der Waals surface area contributed by atoms with Gasteiger partial charge in [0.05, 0.1) is 24.5 Å². The number of rotatable bonds is 7. The average Bonchev–Trinajstić information content (AvgIpc) is 2.46. The Morgan fingerprint density at radius 1 is 1.37 bits per heavy atom. The number of nitrogens with zero attached hydrogens (tertiary/aromatic N) is 1. The van der Waals surface area contributed by atoms with Crippen LogP contribution >= 0.6 is 11.8 Å². The summed E-state index contributed by atoms with van der Waals surface area (Å²) in [6, 6.07) is 9.88. The van der Waals surface area contributed by atoms with Gasteiger partial charge in [0.1, 0.15) is 0 Å². The molecule has 1 aromatic rings. The maximum atomic E-state index is 12.0. The minimum atomic E-state index is -0.755. The Labute approximate surface area is 118 Å². The molecule has 5 heteroatoms. The van der Waals surface area contributed by atoms with Crippen LogP contribution in [0.1, 0.15) is 18.5 Å². The molecule has 0 aliphatic rings. The predicted octanol–water partition coefficient (Wildman–Crippen LogP) is 1.29. The summed E-state index contributed by atoms with van der Waals surface area (Å²) in [5.74, 6) is 0.701. The van der Waals surface area contributed by atoms with E-state index in [1.165, 1.54) is 11.8 Å². The lowest BCUT2D eigenvalue weighted by molar-refractivity contribution is -0.128. The number of thioether (sulfide) groups is 1. The number of hydrogen-bond donors (Lipinski definition) is 2. The Morgan fingerprint density at radius 3 is 2.58 bits per heavy atom. The van der Waals surface area contributed by atoms with Crippen molar-refractivity contribution in [3.05, 3.63) is 35.9 Å². The van der Waals surface area contributed by atoms with Gasteiger partial charge < -0.3 is 15.1 Å². The minimum Gasteiger partial charge on any atom is -0.394 e. The molecule has 19 heavy (non-hydrogen) atoms. The summed E-state index contributed by atoms with van der Waals surface area (Å²) < 4.78 is 0. The Bertz CT molecular complexity index is 386. The number of amides is 1. The Hall–Kier alpha value is -1.04. The molecular formula is C14H21NO3S. The summed E-state index contributed by atoms with van der Waals surface area (Å²) in [5.41, 5.74) is 1.10. The molecule has 1 amide bonds. The van der Waals surface area contributed by atoms with Gasteiger partial charge in [0.2, 0.25) is 5.91 Å². The molecular weight excluding hydrogens is 262 g/mol. The molecule has 1 rings (SSSR count). The predicted molar refractivity (Wildman–Crippen MR) is 78.0 cm³/mol. The highest BCUT2D eigenvalue weighted by atomic mass is 32.2. The molecule has 2 unspecified atom stereocenters. The molecule has 0 saturated heterocycles. The van der Waals surface area contributed by atoms with Gasteiger partial charge >= 0.3 is 0 Å². The van der Waals surface area contributed by atoms with Gasteiger partial charge in [-0.05, 0) is 12.5 Å². The van der Waals surface area contributed by atoms with Crippen LogP contribution in [0.15, 0.2) is 30.3 Å². The molecule has 2 N–H and O–H groups in total. The maximum Gasteiger partial charge on any atom is 0.232 e. The molecule has 0 bridgehead atoms. The lowest BCUT2D eigenvalue weighted by Gasteiger charge is -2.25. The summed E-state index contributed by atoms with van der Waals surface area (Å²) in [6.45, 7) is 1.72. The largest absolute Gasteiger partial charge is 0.394 e. The zero-order valence-electron chi connectivity index (χ0n) is 11.3. The van der Waals surface area contributed by atoms with E-state index in [-0.39, 0.29) is 18.6 Å². The van der Waals surface area contributed by atoms with E-state index in [1.807, 2.05) is 37.3 Å². The molecule has 0 spiro atoms. The van der Waals surface area contributed by atoms with Crippen molar-refractivity contribution in [3.63, 3.8) is 0 Å². The summed E-state index contributed by atoms with van der Waals surface area (Å²) in [5, 5.41) is 17.9. The number of aliphatic hydroxyl groups excluding tert-OH is 2. The Morgan fingerprint density at radius 2 is 2.00 bits per heavy atom. The SMILES string of the molecule is CC(c1ccccc1)N(C)C(=O)CSCC(O)CO. The molecule has 0 aromatic heterocycles. The summed E-state index contributed by atoms with van der Waals surface area (Å²) in [6.07, 6.45) is -0.755. The van der Waals surface area contributed by atoms with Crippen LogP contribution in [0.2, 0.25) is 0 Å². The van der Waals surface area contributed by atoms with Gasteiger partial charge in [0, 0.05) is 12.8 Å². The Balaban J connectivity index is 2.44. The van der Waals surface area contributed by atoms with Crippen molar-refractivity contribution in [1.82, 2.24) is 4.90 Å². The highest BCUT2D eigenvalue weighted by Crippen LogP contribution is 2.19. The standard InChI is InChI=1S/C14H21NO3S/c1-11(12-6-4-3-5-7-12)15(2)14(18)10-19-9-13(17)8-16/h3-7,11,13,16-17H,8-10H2,1-2H3. The van der Waals surface area contributed by atoms with Crippen LogP contribution in [0.5, 0.6) is 0 Å². The molecule has 1 aromatic carbocycles. The van der Waals surface area contributed by atoms with E-state index in [1.54, 1.807) is 11.9 Å². The summed E-state index contributed by atoms with van der Waals surface area (Å²) in [4.78, 5) is 13.7. The van der Waals surface area contributed by atoms with Gasteiger partial charge in [-0.1, -0.05) is 30.3 Å². The molecule has 2 atom stereocenters. The van der Waals surface area contributed by atoms with E-state index in [4.69, 9.17) is 5.11 Å². The molecule has 0 saturated carbocycles. The lowest BCUT2D eigenvalue weighted by atomic mass is 10.1. The number of benzene rings is 1. The molecule has 106 valence electrons. The third-order valence-corrected chi connectivity index (χ3v) is 4.07. The van der Waals surface area contributed by atoms with E-state index in [0.29, 0.717) is 11.5 Å². The van der Waals surface area contributed by atoms with Crippen molar-refractivity contribution in [2.75, 3.05) is 25.2 Å². The van der Waals surface area contributed by atoms with Crippen molar-refractivity contribution in [2.45, 2.75) is 19.1 Å². The number of hydrogen-bond acceptors (Lipinski definition) is 4. The Kier molecular flexibility index (Phi) is 6.91. The maximum absolute atomic E-state index is 12.0. The highest BCUT2D eigenvalue weighted by Gasteiger charge is 2.17. The van der Waals surface area contributed by atoms with Crippen LogP contribution < -0.4 is 0 Å². The van der Waals surface area contributed by atoms with Gasteiger partial charge in [-0.25, -0.2) is 0 Å². The van der Waals surface area contributed by atoms with Crippen molar-refractivity contribution in [3.8, 4) is 0 Å². The molecule has 0 radical (unpaired) electrons. The summed E-state index contributed by atoms with van der Waals surface area (Å²) in [7, 11) is 1.78. The number of carbonyl (C=O) groups is 1. The second-order valence-corrected chi connectivity index (χ2v) is 5.47.